The van der Waals surface area contributed by atoms with Gasteiger partial charge in [0.15, 0.2) is 11.6 Å². The molecule has 14 heteroatoms. The maximum atomic E-state index is 14.8. The molecule has 0 spiro atoms. The van der Waals surface area contributed by atoms with Crippen molar-refractivity contribution in [2.75, 3.05) is 6.61 Å². The number of rotatable bonds is 6. The summed E-state index contributed by atoms with van der Waals surface area (Å²) in [4.78, 5) is 21.1. The van der Waals surface area contributed by atoms with Crippen LogP contribution < -0.4 is 10.1 Å². The third kappa shape index (κ3) is 5.44. The summed E-state index contributed by atoms with van der Waals surface area (Å²) in [5, 5.41) is 3.12. The Bertz CT molecular complexity index is 1740. The van der Waals surface area contributed by atoms with Gasteiger partial charge in [0.25, 0.3) is 5.91 Å². The van der Waals surface area contributed by atoms with Gasteiger partial charge in [-0.15, -0.1) is 0 Å². The fourth-order valence-electron chi connectivity index (χ4n) is 4.09. The van der Waals surface area contributed by atoms with Gasteiger partial charge < -0.3 is 14.8 Å². The molecule has 1 N–H and O–H groups in total. The normalized spacial score (nSPS) is 16.4. The number of amides is 1. The second-order valence-electron chi connectivity index (χ2n) is 8.65. The van der Waals surface area contributed by atoms with Gasteiger partial charge in [0.05, 0.1) is 41.6 Å². The minimum Gasteiger partial charge on any atom is -0.432 e. The van der Waals surface area contributed by atoms with E-state index in [1.807, 2.05) is 0 Å². The van der Waals surface area contributed by atoms with Crippen LogP contribution in [0.25, 0.3) is 22.2 Å². The summed E-state index contributed by atoms with van der Waals surface area (Å²) in [6.07, 6.45) is 1.48. The average molecular weight is 596 g/mol. The minimum atomic E-state index is -4.41. The van der Waals surface area contributed by atoms with Gasteiger partial charge in [-0.3, -0.25) is 9.78 Å². The Morgan fingerprint density at radius 1 is 1.20 bits per heavy atom. The van der Waals surface area contributed by atoms with Crippen molar-refractivity contribution in [2.45, 2.75) is 30.2 Å². The van der Waals surface area contributed by atoms with E-state index in [0.29, 0.717) is 16.6 Å². The van der Waals surface area contributed by atoms with E-state index in [2.05, 4.69) is 20.0 Å². The van der Waals surface area contributed by atoms with Gasteiger partial charge in [0, 0.05) is 33.3 Å². The zero-order valence-corrected chi connectivity index (χ0v) is 21.8. The number of pyridine rings is 2. The third-order valence-electron chi connectivity index (χ3n) is 6.07. The molecule has 3 heterocycles. The van der Waals surface area contributed by atoms with Gasteiger partial charge in [-0.05, 0) is 42.5 Å². The molecule has 0 aliphatic carbocycles. The van der Waals surface area contributed by atoms with E-state index < -0.39 is 50.9 Å². The van der Waals surface area contributed by atoms with Crippen molar-refractivity contribution in [1.29, 1.82) is 0 Å². The van der Waals surface area contributed by atoms with Crippen LogP contribution in [0.5, 0.6) is 5.75 Å². The molecule has 0 unspecified atom stereocenters. The number of alkyl halides is 3. The monoisotopic (exact) mass is 595 g/mol. The number of sulfone groups is 1. The van der Waals surface area contributed by atoms with Gasteiger partial charge in [0.1, 0.15) is 0 Å². The van der Waals surface area contributed by atoms with Crippen LogP contribution in [-0.4, -0.2) is 43.0 Å². The summed E-state index contributed by atoms with van der Waals surface area (Å²) < 4.78 is 88.5. The van der Waals surface area contributed by atoms with Crippen molar-refractivity contribution < 1.29 is 40.2 Å². The van der Waals surface area contributed by atoms with Crippen LogP contribution in [0.15, 0.2) is 59.6 Å². The van der Waals surface area contributed by atoms with Crippen molar-refractivity contribution in [2.24, 2.45) is 0 Å². The van der Waals surface area contributed by atoms with E-state index in [9.17, 15) is 30.8 Å². The summed E-state index contributed by atoms with van der Waals surface area (Å²) in [5.74, 6) is -2.31. The number of ether oxygens (including phenoxy) is 2. The molecule has 1 aliphatic rings. The number of nitrogens with zero attached hydrogens (tertiary/aromatic N) is 2. The van der Waals surface area contributed by atoms with Gasteiger partial charge in [-0.1, -0.05) is 17.7 Å². The van der Waals surface area contributed by atoms with Crippen molar-refractivity contribution in [3.8, 4) is 17.0 Å². The van der Waals surface area contributed by atoms with Crippen LogP contribution in [0.1, 0.15) is 21.6 Å². The number of hydrogen-bond donors (Lipinski definition) is 1. The summed E-state index contributed by atoms with van der Waals surface area (Å²) in [6, 6.07) is 10.8. The lowest BCUT2D eigenvalue weighted by molar-refractivity contribution is -0.0521. The second-order valence-corrected chi connectivity index (χ2v) is 11.1. The first kappa shape index (κ1) is 27.7. The van der Waals surface area contributed by atoms with E-state index >= 15 is 0 Å². The highest BCUT2D eigenvalue weighted by molar-refractivity contribution is 7.92. The van der Waals surface area contributed by atoms with E-state index in [-0.39, 0.29) is 40.6 Å². The van der Waals surface area contributed by atoms with Crippen LogP contribution >= 0.6 is 11.6 Å². The first-order valence-corrected chi connectivity index (χ1v) is 13.5. The fourth-order valence-corrected chi connectivity index (χ4v) is 5.77. The Hall–Kier alpha value is -3.81. The molecule has 8 nitrogen and oxygen atoms in total. The third-order valence-corrected chi connectivity index (χ3v) is 8.19. The summed E-state index contributed by atoms with van der Waals surface area (Å²) in [5.41, 5.74) is -1.50. The second kappa shape index (κ2) is 11.0. The summed E-state index contributed by atoms with van der Waals surface area (Å²) in [6.45, 7) is -4.18. The highest BCUT2D eigenvalue weighted by Crippen LogP contribution is 2.33. The zero-order chi connectivity index (χ0) is 28.6. The molecular formula is C26H18ClF4N3O5S. The fraction of sp³-hybridized carbons (Fsp3) is 0.192. The summed E-state index contributed by atoms with van der Waals surface area (Å²) in [7, 11) is -4.41. The highest BCUT2D eigenvalue weighted by Gasteiger charge is 2.34. The maximum absolute atomic E-state index is 14.8. The van der Waals surface area contributed by atoms with Crippen LogP contribution in [0.3, 0.4) is 0 Å². The van der Waals surface area contributed by atoms with Crippen LogP contribution in [0, 0.1) is 5.82 Å². The molecular weight excluding hydrogens is 578 g/mol. The molecule has 1 aliphatic heterocycles. The number of fused-ring (bicyclic) bond motifs is 2. The Kier molecular flexibility index (Phi) is 7.62. The lowest BCUT2D eigenvalue weighted by Gasteiger charge is -2.12. The number of aromatic nitrogens is 2. The van der Waals surface area contributed by atoms with E-state index in [0.717, 1.165) is 12.1 Å². The summed E-state index contributed by atoms with van der Waals surface area (Å²) >= 11 is 6.19. The van der Waals surface area contributed by atoms with Crippen molar-refractivity contribution in [3.63, 3.8) is 0 Å². The number of carbonyl (C=O) groups is 1. The average Bonchev–Trinajstić information content (AvgIpc) is 3.03. The number of benzene rings is 2. The Morgan fingerprint density at radius 2 is 2.00 bits per heavy atom. The lowest BCUT2D eigenvalue weighted by atomic mass is 10.1. The largest absolute Gasteiger partial charge is 0.432 e. The van der Waals surface area contributed by atoms with Gasteiger partial charge in [-0.25, -0.2) is 22.2 Å². The molecule has 0 bridgehead atoms. The number of halogens is 5. The minimum absolute atomic E-state index is 0.0531. The molecule has 1 atom stereocenters. The number of nitrogens with one attached hydrogen (secondary N) is 1. The predicted octanol–water partition coefficient (Wildman–Crippen LogP) is 5.22. The van der Waals surface area contributed by atoms with Crippen molar-refractivity contribution >= 4 is 38.2 Å². The Morgan fingerprint density at radius 3 is 2.77 bits per heavy atom. The quantitative estimate of drug-likeness (QED) is 0.305. The van der Waals surface area contributed by atoms with Crippen molar-refractivity contribution in [3.05, 3.63) is 82.4 Å². The molecule has 0 saturated carbocycles. The first-order chi connectivity index (χ1) is 19.0. The molecule has 0 fully saturated rings. The lowest BCUT2D eigenvalue weighted by Crippen LogP contribution is -2.24. The van der Waals surface area contributed by atoms with Crippen molar-refractivity contribution in [1.82, 2.24) is 15.3 Å². The molecule has 208 valence electrons. The van der Waals surface area contributed by atoms with Gasteiger partial charge >= 0.3 is 6.61 Å². The van der Waals surface area contributed by atoms with Gasteiger partial charge in [-0.2, -0.15) is 8.78 Å². The van der Waals surface area contributed by atoms with E-state index in [1.165, 1.54) is 36.5 Å². The maximum Gasteiger partial charge on any atom is 0.387 e. The van der Waals surface area contributed by atoms with Gasteiger partial charge in [0.2, 0.25) is 15.3 Å². The smallest absolute Gasteiger partial charge is 0.387 e. The Balaban J connectivity index is 1.38. The molecule has 2 aromatic carbocycles. The molecule has 0 radical (unpaired) electrons. The molecule has 1 amide bonds. The number of hydrogen-bond acceptors (Lipinski definition) is 7. The van der Waals surface area contributed by atoms with E-state index in [4.69, 9.17) is 16.3 Å². The zero-order valence-electron chi connectivity index (χ0n) is 20.2. The SMILES string of the molecule is O=C(NCc1cc2nc(-c3cccc(OC(F)F)c3F)ccc2cn1)c1cc(Cl)c2c(c1)S(=O)(=O)[C@@H](F)COC2. The molecule has 0 saturated heterocycles. The topological polar surface area (TPSA) is 107 Å². The molecule has 40 heavy (non-hydrogen) atoms. The predicted molar refractivity (Wildman–Crippen MR) is 136 cm³/mol. The van der Waals surface area contributed by atoms with Crippen LogP contribution in [0.2, 0.25) is 5.02 Å². The van der Waals surface area contributed by atoms with Crippen LogP contribution in [-0.2, 0) is 27.7 Å². The van der Waals surface area contributed by atoms with Crippen LogP contribution in [0.4, 0.5) is 17.6 Å². The number of carbonyl (C=O) groups excluding carboxylic acids is 1. The standard InChI is InChI=1S/C26H18ClF4N3O5S/c27-18-6-14(7-22-17(18)11-38-12-23(28)40(22,36)37)25(35)33-10-15-8-20-13(9-32-15)4-5-19(34-20)16-2-1-3-21(24(16)29)39-26(30)31/h1-9,23,26H,10-12H2,(H,33,35)/t23-/m1/s1. The first-order valence-electron chi connectivity index (χ1n) is 11.6. The molecule has 2 aromatic heterocycles. The molecule has 5 rings (SSSR count). The van der Waals surface area contributed by atoms with E-state index in [1.54, 1.807) is 6.07 Å². The highest BCUT2D eigenvalue weighted by atomic mass is 35.5. The Labute approximate surface area is 229 Å². The molecule has 4 aromatic rings.